The van der Waals surface area contributed by atoms with Gasteiger partial charge in [0, 0.05) is 6.20 Å². The molecule has 0 aromatic carbocycles. The molecule has 0 saturated heterocycles. The number of carbonyl (C=O) groups excluding carboxylic acids is 1. The molecule has 1 aromatic rings. The van der Waals surface area contributed by atoms with Crippen molar-refractivity contribution in [1.29, 1.82) is 0 Å². The van der Waals surface area contributed by atoms with E-state index in [0.717, 1.165) is 0 Å². The number of thioether (sulfide) groups is 1. The molecule has 1 aromatic heterocycles. The van der Waals surface area contributed by atoms with Crippen molar-refractivity contribution in [3.8, 4) is 0 Å². The van der Waals surface area contributed by atoms with Crippen LogP contribution in [0.4, 0.5) is 0 Å². The second-order valence-corrected chi connectivity index (χ2v) is 4.80. The molecular weight excluding hydrogens is 252 g/mol. The SMILES string of the molecule is CCC(C)(NC(=O)c1cccnc1SC)C(=O)O. The first-order valence-corrected chi connectivity index (χ1v) is 6.72. The number of aliphatic carboxylic acids is 1. The van der Waals surface area contributed by atoms with Gasteiger partial charge < -0.3 is 10.4 Å². The highest BCUT2D eigenvalue weighted by molar-refractivity contribution is 7.98. The quantitative estimate of drug-likeness (QED) is 0.796. The Kier molecular flexibility index (Phi) is 4.72. The summed E-state index contributed by atoms with van der Waals surface area (Å²) in [5.74, 6) is -1.47. The van der Waals surface area contributed by atoms with Crippen LogP contribution in [0.25, 0.3) is 0 Å². The number of carbonyl (C=O) groups is 2. The van der Waals surface area contributed by atoms with E-state index in [4.69, 9.17) is 5.11 Å². The van der Waals surface area contributed by atoms with Crippen LogP contribution < -0.4 is 5.32 Å². The van der Waals surface area contributed by atoms with Gasteiger partial charge in [-0.1, -0.05) is 6.92 Å². The molecular formula is C12H16N2O3S. The zero-order valence-electron chi connectivity index (χ0n) is 10.6. The van der Waals surface area contributed by atoms with E-state index in [1.54, 1.807) is 25.3 Å². The van der Waals surface area contributed by atoms with Gasteiger partial charge in [-0.25, -0.2) is 9.78 Å². The normalized spacial score (nSPS) is 13.7. The number of nitrogens with one attached hydrogen (secondary N) is 1. The minimum atomic E-state index is -1.26. The molecule has 0 bridgehead atoms. The Balaban J connectivity index is 2.98. The largest absolute Gasteiger partial charge is 0.480 e. The van der Waals surface area contributed by atoms with E-state index < -0.39 is 17.4 Å². The number of rotatable bonds is 5. The van der Waals surface area contributed by atoms with Gasteiger partial charge in [0.2, 0.25) is 0 Å². The summed E-state index contributed by atoms with van der Waals surface area (Å²) in [4.78, 5) is 27.3. The second-order valence-electron chi connectivity index (χ2n) is 4.01. The zero-order valence-corrected chi connectivity index (χ0v) is 11.4. The maximum Gasteiger partial charge on any atom is 0.329 e. The third-order valence-corrected chi connectivity index (χ3v) is 3.49. The monoisotopic (exact) mass is 268 g/mol. The molecule has 0 aliphatic heterocycles. The van der Waals surface area contributed by atoms with Gasteiger partial charge in [-0.2, -0.15) is 0 Å². The Labute approximate surface area is 110 Å². The summed E-state index contributed by atoms with van der Waals surface area (Å²) in [6, 6.07) is 3.28. The lowest BCUT2D eigenvalue weighted by molar-refractivity contribution is -0.143. The second kappa shape index (κ2) is 5.86. The highest BCUT2D eigenvalue weighted by Gasteiger charge is 2.33. The summed E-state index contributed by atoms with van der Waals surface area (Å²) in [5, 5.41) is 12.2. The van der Waals surface area contributed by atoms with Crippen molar-refractivity contribution in [2.24, 2.45) is 0 Å². The average molecular weight is 268 g/mol. The van der Waals surface area contributed by atoms with Gasteiger partial charge in [-0.3, -0.25) is 4.79 Å². The molecule has 1 amide bonds. The molecule has 1 rings (SSSR count). The van der Waals surface area contributed by atoms with Crippen LogP contribution in [0.15, 0.2) is 23.4 Å². The first-order valence-electron chi connectivity index (χ1n) is 5.49. The molecule has 0 aliphatic rings. The lowest BCUT2D eigenvalue weighted by Gasteiger charge is -2.24. The van der Waals surface area contributed by atoms with Crippen LogP contribution in [0, 0.1) is 0 Å². The molecule has 0 radical (unpaired) electrons. The molecule has 0 aliphatic carbocycles. The summed E-state index contributed by atoms with van der Waals surface area (Å²) in [6.45, 7) is 3.20. The molecule has 0 saturated carbocycles. The number of aromatic nitrogens is 1. The molecule has 0 fully saturated rings. The lowest BCUT2D eigenvalue weighted by atomic mass is 9.99. The summed E-state index contributed by atoms with van der Waals surface area (Å²) in [7, 11) is 0. The summed E-state index contributed by atoms with van der Waals surface area (Å²) in [5.41, 5.74) is -0.867. The van der Waals surface area contributed by atoms with Gasteiger partial charge in [0.1, 0.15) is 10.6 Å². The molecule has 1 unspecified atom stereocenters. The van der Waals surface area contributed by atoms with Crippen molar-refractivity contribution in [3.05, 3.63) is 23.9 Å². The highest BCUT2D eigenvalue weighted by atomic mass is 32.2. The number of amides is 1. The molecule has 1 heterocycles. The van der Waals surface area contributed by atoms with Crippen molar-refractivity contribution in [3.63, 3.8) is 0 Å². The van der Waals surface area contributed by atoms with E-state index in [2.05, 4.69) is 10.3 Å². The van der Waals surface area contributed by atoms with Gasteiger partial charge in [0.05, 0.1) is 5.56 Å². The van der Waals surface area contributed by atoms with Crippen LogP contribution in [-0.4, -0.2) is 33.8 Å². The van der Waals surface area contributed by atoms with Gasteiger partial charge in [-0.05, 0) is 31.7 Å². The number of hydrogen-bond donors (Lipinski definition) is 2. The smallest absolute Gasteiger partial charge is 0.329 e. The van der Waals surface area contributed by atoms with E-state index in [9.17, 15) is 9.59 Å². The Morgan fingerprint density at radius 1 is 1.56 bits per heavy atom. The van der Waals surface area contributed by atoms with Crippen molar-refractivity contribution < 1.29 is 14.7 Å². The van der Waals surface area contributed by atoms with E-state index >= 15 is 0 Å². The van der Waals surface area contributed by atoms with Crippen LogP contribution in [-0.2, 0) is 4.79 Å². The van der Waals surface area contributed by atoms with Gasteiger partial charge >= 0.3 is 5.97 Å². The Bertz CT molecular complexity index is 464. The third kappa shape index (κ3) is 3.01. The number of nitrogens with zero attached hydrogens (tertiary/aromatic N) is 1. The van der Waals surface area contributed by atoms with Crippen molar-refractivity contribution in [2.75, 3.05) is 6.26 Å². The van der Waals surface area contributed by atoms with Crippen LogP contribution in [0.3, 0.4) is 0 Å². The molecule has 98 valence electrons. The van der Waals surface area contributed by atoms with Crippen LogP contribution in [0.1, 0.15) is 30.6 Å². The lowest BCUT2D eigenvalue weighted by Crippen LogP contribution is -2.51. The molecule has 0 spiro atoms. The Hall–Kier alpha value is -1.56. The molecule has 1 atom stereocenters. The average Bonchev–Trinajstić information content (AvgIpc) is 2.38. The first kappa shape index (κ1) is 14.5. The topological polar surface area (TPSA) is 79.3 Å². The zero-order chi connectivity index (χ0) is 13.8. The Morgan fingerprint density at radius 2 is 2.22 bits per heavy atom. The van der Waals surface area contributed by atoms with Crippen LogP contribution >= 0.6 is 11.8 Å². The molecule has 6 heteroatoms. The predicted molar refractivity (Wildman–Crippen MR) is 69.8 cm³/mol. The summed E-state index contributed by atoms with van der Waals surface area (Å²) >= 11 is 1.35. The van der Waals surface area contributed by atoms with Crippen LogP contribution in [0.5, 0.6) is 0 Å². The fourth-order valence-corrected chi connectivity index (χ4v) is 1.88. The Morgan fingerprint density at radius 3 is 2.72 bits per heavy atom. The highest BCUT2D eigenvalue weighted by Crippen LogP contribution is 2.18. The fraction of sp³-hybridized carbons (Fsp3) is 0.417. The van der Waals surface area contributed by atoms with E-state index in [0.29, 0.717) is 17.0 Å². The minimum Gasteiger partial charge on any atom is -0.480 e. The third-order valence-electron chi connectivity index (χ3n) is 2.78. The number of carboxylic acids is 1. The van der Waals surface area contributed by atoms with Gasteiger partial charge in [0.25, 0.3) is 5.91 Å². The van der Waals surface area contributed by atoms with Crippen LogP contribution in [0.2, 0.25) is 0 Å². The number of pyridine rings is 1. The summed E-state index contributed by atoms with van der Waals surface area (Å²) in [6.07, 6.45) is 3.72. The maximum absolute atomic E-state index is 12.1. The molecule has 18 heavy (non-hydrogen) atoms. The van der Waals surface area contributed by atoms with Crippen molar-refractivity contribution >= 4 is 23.6 Å². The number of carboxylic acid groups (broad SMARTS) is 1. The summed E-state index contributed by atoms with van der Waals surface area (Å²) < 4.78 is 0. The molecule has 5 nitrogen and oxygen atoms in total. The van der Waals surface area contributed by atoms with Gasteiger partial charge in [-0.15, -0.1) is 11.8 Å². The van der Waals surface area contributed by atoms with Crippen molar-refractivity contribution in [2.45, 2.75) is 30.8 Å². The fourth-order valence-electron chi connectivity index (χ4n) is 1.34. The first-order chi connectivity index (χ1) is 8.44. The number of hydrogen-bond acceptors (Lipinski definition) is 4. The van der Waals surface area contributed by atoms with E-state index in [-0.39, 0.29) is 0 Å². The predicted octanol–water partition coefficient (Wildman–Crippen LogP) is 1.79. The molecule has 2 N–H and O–H groups in total. The van der Waals surface area contributed by atoms with Gasteiger partial charge in [0.15, 0.2) is 0 Å². The van der Waals surface area contributed by atoms with E-state index in [1.165, 1.54) is 18.7 Å². The maximum atomic E-state index is 12.1. The van der Waals surface area contributed by atoms with E-state index in [1.807, 2.05) is 6.26 Å². The van der Waals surface area contributed by atoms with Crippen molar-refractivity contribution in [1.82, 2.24) is 10.3 Å². The minimum absolute atomic E-state index is 0.308. The standard InChI is InChI=1S/C12H16N2O3S/c1-4-12(2,11(16)17)14-9(15)8-6-5-7-13-10(8)18-3/h5-7H,4H2,1-3H3,(H,14,15)(H,16,17).